The molecule has 1 amide bonds. The van der Waals surface area contributed by atoms with Gasteiger partial charge >= 0.3 is 5.97 Å². The maximum atomic E-state index is 12.3. The molecule has 0 radical (unpaired) electrons. The van der Waals surface area contributed by atoms with Crippen LogP contribution in [-0.4, -0.2) is 35.0 Å². The van der Waals surface area contributed by atoms with Crippen molar-refractivity contribution >= 4 is 11.9 Å². The zero-order valence-electron chi connectivity index (χ0n) is 20.5. The van der Waals surface area contributed by atoms with Gasteiger partial charge in [0, 0.05) is 26.1 Å². The van der Waals surface area contributed by atoms with Gasteiger partial charge in [0.2, 0.25) is 5.91 Å². The van der Waals surface area contributed by atoms with Crippen LogP contribution < -0.4 is 5.32 Å². The van der Waals surface area contributed by atoms with Crippen LogP contribution in [-0.2, 0) is 27.4 Å². The quantitative estimate of drug-likeness (QED) is 0.562. The molecule has 0 aromatic heterocycles. The Labute approximate surface area is 198 Å². The fourth-order valence-corrected chi connectivity index (χ4v) is 4.59. The van der Waals surface area contributed by atoms with E-state index in [1.54, 1.807) is 6.92 Å². The summed E-state index contributed by atoms with van der Waals surface area (Å²) >= 11 is 0. The molecule has 178 valence electrons. The highest BCUT2D eigenvalue weighted by atomic mass is 16.6. The Bertz CT molecular complexity index is 895. The molecule has 5 nitrogen and oxygen atoms in total. The van der Waals surface area contributed by atoms with Gasteiger partial charge in [0.25, 0.3) is 0 Å². The number of nitrogens with one attached hydrogen (secondary N) is 1. The summed E-state index contributed by atoms with van der Waals surface area (Å²) in [6.07, 6.45) is 4.27. The summed E-state index contributed by atoms with van der Waals surface area (Å²) in [7, 11) is 0. The summed E-state index contributed by atoms with van der Waals surface area (Å²) in [5.74, 6) is 0.462. The lowest BCUT2D eigenvalue weighted by Crippen LogP contribution is -2.40. The topological polar surface area (TPSA) is 58.6 Å². The van der Waals surface area contributed by atoms with E-state index in [4.69, 9.17) is 4.74 Å². The van der Waals surface area contributed by atoms with Gasteiger partial charge in [-0.3, -0.25) is 9.59 Å². The van der Waals surface area contributed by atoms with Crippen molar-refractivity contribution in [3.63, 3.8) is 0 Å². The van der Waals surface area contributed by atoms with E-state index < -0.39 is 5.60 Å². The Kier molecular flexibility index (Phi) is 8.67. The van der Waals surface area contributed by atoms with Crippen molar-refractivity contribution < 1.29 is 14.3 Å². The molecule has 1 fully saturated rings. The Morgan fingerprint density at radius 3 is 2.15 bits per heavy atom. The minimum atomic E-state index is -0.456. The van der Waals surface area contributed by atoms with Crippen LogP contribution in [0.1, 0.15) is 76.0 Å². The summed E-state index contributed by atoms with van der Waals surface area (Å²) in [6.45, 7) is 8.84. The number of rotatable bonds is 8. The molecule has 0 saturated heterocycles. The first-order chi connectivity index (χ1) is 15.7. The van der Waals surface area contributed by atoms with Crippen molar-refractivity contribution in [1.29, 1.82) is 0 Å². The lowest BCUT2D eigenvalue weighted by molar-refractivity contribution is -0.153. The third-order valence-electron chi connectivity index (χ3n) is 6.21. The number of amides is 1. The van der Waals surface area contributed by atoms with Crippen LogP contribution in [0.3, 0.4) is 0 Å². The molecular formula is C28H38N2O3. The maximum absolute atomic E-state index is 12.3. The van der Waals surface area contributed by atoms with Gasteiger partial charge in [0.15, 0.2) is 0 Å². The second kappa shape index (κ2) is 11.5. The van der Waals surface area contributed by atoms with Gasteiger partial charge in [-0.05, 0) is 69.1 Å². The number of carbonyl (C=O) groups is 2. The van der Waals surface area contributed by atoms with Crippen molar-refractivity contribution in [2.75, 3.05) is 6.54 Å². The number of hydrogen-bond donors (Lipinski definition) is 1. The van der Waals surface area contributed by atoms with Crippen LogP contribution in [0, 0.1) is 0 Å². The van der Waals surface area contributed by atoms with Crippen molar-refractivity contribution in [3.8, 4) is 0 Å². The van der Waals surface area contributed by atoms with Crippen molar-refractivity contribution in [3.05, 3.63) is 71.3 Å². The minimum Gasteiger partial charge on any atom is -0.459 e. The molecule has 0 bridgehead atoms. The van der Waals surface area contributed by atoms with E-state index in [1.165, 1.54) is 11.1 Å². The zero-order valence-corrected chi connectivity index (χ0v) is 20.5. The monoisotopic (exact) mass is 450 g/mol. The predicted molar refractivity (Wildman–Crippen MR) is 132 cm³/mol. The average Bonchev–Trinajstić information content (AvgIpc) is 2.77. The Morgan fingerprint density at radius 2 is 1.58 bits per heavy atom. The molecular weight excluding hydrogens is 412 g/mol. The largest absolute Gasteiger partial charge is 0.459 e. The molecule has 1 N–H and O–H groups in total. The fraction of sp³-hybridized carbons (Fsp3) is 0.500. The van der Waals surface area contributed by atoms with E-state index in [-0.39, 0.29) is 18.4 Å². The highest BCUT2D eigenvalue weighted by Gasteiger charge is 2.28. The molecule has 0 atom stereocenters. The molecule has 0 heterocycles. The summed E-state index contributed by atoms with van der Waals surface area (Å²) in [4.78, 5) is 26.2. The van der Waals surface area contributed by atoms with Gasteiger partial charge in [-0.2, -0.15) is 0 Å². The average molecular weight is 451 g/mol. The van der Waals surface area contributed by atoms with E-state index in [1.807, 2.05) is 43.9 Å². The van der Waals surface area contributed by atoms with Gasteiger partial charge in [0.1, 0.15) is 5.60 Å². The first-order valence-electron chi connectivity index (χ1n) is 12.0. The van der Waals surface area contributed by atoms with Gasteiger partial charge in [-0.15, -0.1) is 0 Å². The summed E-state index contributed by atoms with van der Waals surface area (Å²) < 4.78 is 5.32. The van der Waals surface area contributed by atoms with Gasteiger partial charge < -0.3 is 15.0 Å². The Hall–Kier alpha value is -2.66. The van der Waals surface area contributed by atoms with E-state index in [0.29, 0.717) is 25.0 Å². The lowest BCUT2D eigenvalue weighted by Gasteiger charge is -2.37. The summed E-state index contributed by atoms with van der Waals surface area (Å²) in [6, 6.07) is 19.3. The smallest absolute Gasteiger partial charge is 0.320 e. The van der Waals surface area contributed by atoms with Gasteiger partial charge in [0.05, 0.1) is 6.54 Å². The van der Waals surface area contributed by atoms with Gasteiger partial charge in [-0.1, -0.05) is 54.6 Å². The number of benzene rings is 2. The standard InChI is InChI=1S/C28H38N2O3/c1-21(31)30(20-23-8-6-5-7-9-23)26-16-14-25(15-17-26)24-12-10-22(11-13-24)18-29-19-27(32)33-28(2,3)4/h5-13,25-26,29H,14-20H2,1-4H3. The number of nitrogens with zero attached hydrogens (tertiary/aromatic N) is 1. The van der Waals surface area contributed by atoms with E-state index >= 15 is 0 Å². The lowest BCUT2D eigenvalue weighted by atomic mass is 9.81. The molecule has 33 heavy (non-hydrogen) atoms. The van der Waals surface area contributed by atoms with E-state index in [2.05, 4.69) is 41.7 Å². The SMILES string of the molecule is CC(=O)N(Cc1ccccc1)C1CCC(c2ccc(CNCC(=O)OC(C)(C)C)cc2)CC1. The van der Waals surface area contributed by atoms with Crippen molar-refractivity contribution in [2.45, 2.75) is 84.0 Å². The van der Waals surface area contributed by atoms with Crippen LogP contribution in [0.2, 0.25) is 0 Å². The van der Waals surface area contributed by atoms with Gasteiger partial charge in [-0.25, -0.2) is 0 Å². The fourth-order valence-electron chi connectivity index (χ4n) is 4.59. The summed E-state index contributed by atoms with van der Waals surface area (Å²) in [5, 5.41) is 3.16. The molecule has 2 aromatic rings. The predicted octanol–water partition coefficient (Wildman–Crippen LogP) is 5.19. The second-order valence-electron chi connectivity index (χ2n) is 10.1. The second-order valence-corrected chi connectivity index (χ2v) is 10.1. The number of ether oxygens (including phenoxy) is 1. The van der Waals surface area contributed by atoms with Crippen molar-refractivity contribution in [1.82, 2.24) is 10.2 Å². The molecule has 0 unspecified atom stereocenters. The molecule has 1 aliphatic carbocycles. The normalized spacial score (nSPS) is 18.5. The van der Waals surface area contributed by atoms with Crippen LogP contribution >= 0.6 is 0 Å². The zero-order chi connectivity index (χ0) is 23.8. The molecule has 0 spiro atoms. The summed E-state index contributed by atoms with van der Waals surface area (Å²) in [5.41, 5.74) is 3.25. The first kappa shape index (κ1) is 25.0. The highest BCUT2D eigenvalue weighted by Crippen LogP contribution is 2.35. The highest BCUT2D eigenvalue weighted by molar-refractivity contribution is 5.73. The Balaban J connectivity index is 1.47. The number of hydrogen-bond acceptors (Lipinski definition) is 4. The molecule has 0 aliphatic heterocycles. The molecule has 1 saturated carbocycles. The number of carbonyl (C=O) groups excluding carboxylic acids is 2. The van der Waals surface area contributed by atoms with E-state index in [9.17, 15) is 9.59 Å². The van der Waals surface area contributed by atoms with Crippen LogP contribution in [0.4, 0.5) is 0 Å². The molecule has 1 aliphatic rings. The molecule has 3 rings (SSSR count). The minimum absolute atomic E-state index is 0.158. The van der Waals surface area contributed by atoms with Crippen LogP contribution in [0.15, 0.2) is 54.6 Å². The number of esters is 1. The maximum Gasteiger partial charge on any atom is 0.320 e. The molecule has 5 heteroatoms. The molecule has 2 aromatic carbocycles. The van der Waals surface area contributed by atoms with Crippen LogP contribution in [0.25, 0.3) is 0 Å². The van der Waals surface area contributed by atoms with Crippen LogP contribution in [0.5, 0.6) is 0 Å². The van der Waals surface area contributed by atoms with Crippen molar-refractivity contribution in [2.24, 2.45) is 0 Å². The third-order valence-corrected chi connectivity index (χ3v) is 6.21. The Morgan fingerprint density at radius 1 is 0.939 bits per heavy atom. The third kappa shape index (κ3) is 8.01. The van der Waals surface area contributed by atoms with E-state index in [0.717, 1.165) is 31.2 Å². The first-order valence-corrected chi connectivity index (χ1v) is 12.0.